The van der Waals surface area contributed by atoms with Gasteiger partial charge in [-0.2, -0.15) is 0 Å². The average molecular weight is 404 g/mol. The number of aryl methyl sites for hydroxylation is 1. The first-order chi connectivity index (χ1) is 13.9. The Hall–Kier alpha value is -3.18. The summed E-state index contributed by atoms with van der Waals surface area (Å²) in [6.07, 6.45) is 0. The Morgan fingerprint density at radius 3 is 2.03 bits per heavy atom. The van der Waals surface area contributed by atoms with E-state index in [2.05, 4.69) is 54.0 Å². The van der Waals surface area contributed by atoms with E-state index < -0.39 is 0 Å². The second-order valence-electron chi connectivity index (χ2n) is 7.13. The van der Waals surface area contributed by atoms with Crippen LogP contribution in [-0.4, -0.2) is 30.0 Å². The van der Waals surface area contributed by atoms with Crippen LogP contribution in [-0.2, 0) is 0 Å². The van der Waals surface area contributed by atoms with E-state index in [0.717, 1.165) is 16.8 Å². The summed E-state index contributed by atoms with van der Waals surface area (Å²) in [7, 11) is 3.48. The van der Waals surface area contributed by atoms with Crippen molar-refractivity contribution in [2.24, 2.45) is 0 Å². The van der Waals surface area contributed by atoms with Gasteiger partial charge in [0.2, 0.25) is 0 Å². The zero-order chi connectivity index (χ0) is 20.8. The fraction of sp³-hybridized carbons (Fsp3) is 0.167. The monoisotopic (exact) mass is 403 g/mol. The number of benzene rings is 3. The molecule has 0 aromatic heterocycles. The molecular formula is C24H25N3OS. The van der Waals surface area contributed by atoms with Gasteiger partial charge in [0.25, 0.3) is 5.91 Å². The molecule has 1 amide bonds. The molecule has 5 heteroatoms. The standard InChI is InChI=1S/C24H25N3OS/c1-17-9-11-19(12-10-17)22(18-7-5-4-6-8-18)26-24(29)25-21-15-13-20(14-16-21)23(28)27(2)3/h4-16,22H,1-3H3,(H2,25,26,29)/t22-/m0/s1. The summed E-state index contributed by atoms with van der Waals surface area (Å²) in [6.45, 7) is 2.08. The minimum Gasteiger partial charge on any atom is -0.352 e. The van der Waals surface area contributed by atoms with Crippen molar-refractivity contribution in [3.63, 3.8) is 0 Å². The summed E-state index contributed by atoms with van der Waals surface area (Å²) < 4.78 is 0. The van der Waals surface area contributed by atoms with Gasteiger partial charge in [0.05, 0.1) is 6.04 Å². The molecule has 0 saturated carbocycles. The summed E-state index contributed by atoms with van der Waals surface area (Å²) in [5, 5.41) is 7.15. The van der Waals surface area contributed by atoms with Crippen molar-refractivity contribution >= 4 is 28.9 Å². The normalized spacial score (nSPS) is 11.4. The van der Waals surface area contributed by atoms with Crippen LogP contribution in [0.1, 0.15) is 33.1 Å². The zero-order valence-electron chi connectivity index (χ0n) is 16.8. The molecular weight excluding hydrogens is 378 g/mol. The van der Waals surface area contributed by atoms with Crippen LogP contribution in [0.15, 0.2) is 78.9 Å². The van der Waals surface area contributed by atoms with Crippen LogP contribution in [0.25, 0.3) is 0 Å². The van der Waals surface area contributed by atoms with Crippen LogP contribution in [0.2, 0.25) is 0 Å². The molecule has 0 radical (unpaired) electrons. The first-order valence-corrected chi connectivity index (χ1v) is 9.85. The van der Waals surface area contributed by atoms with Gasteiger partial charge < -0.3 is 15.5 Å². The van der Waals surface area contributed by atoms with Crippen molar-refractivity contribution in [3.05, 3.63) is 101 Å². The number of thiocarbonyl (C=S) groups is 1. The van der Waals surface area contributed by atoms with Gasteiger partial charge in [-0.1, -0.05) is 60.2 Å². The van der Waals surface area contributed by atoms with Crippen molar-refractivity contribution in [1.82, 2.24) is 10.2 Å². The second-order valence-corrected chi connectivity index (χ2v) is 7.54. The molecule has 0 aliphatic carbocycles. The molecule has 148 valence electrons. The summed E-state index contributed by atoms with van der Waals surface area (Å²) in [5.74, 6) is -0.0271. The Kier molecular flexibility index (Phi) is 6.62. The maximum atomic E-state index is 12.0. The molecule has 3 aromatic carbocycles. The van der Waals surface area contributed by atoms with Crippen LogP contribution < -0.4 is 10.6 Å². The minimum atomic E-state index is -0.0635. The molecule has 0 aliphatic rings. The third-order valence-electron chi connectivity index (χ3n) is 4.61. The first kappa shape index (κ1) is 20.6. The predicted octanol–water partition coefficient (Wildman–Crippen LogP) is 4.77. The number of carbonyl (C=O) groups excluding carboxylic acids is 1. The minimum absolute atomic E-state index is 0.0271. The van der Waals surface area contributed by atoms with E-state index in [1.165, 1.54) is 5.56 Å². The Labute approximate surface area is 177 Å². The second kappa shape index (κ2) is 9.34. The molecule has 0 bridgehead atoms. The summed E-state index contributed by atoms with van der Waals surface area (Å²) >= 11 is 5.57. The molecule has 2 N–H and O–H groups in total. The zero-order valence-corrected chi connectivity index (χ0v) is 17.7. The Morgan fingerprint density at radius 2 is 1.45 bits per heavy atom. The number of hydrogen-bond donors (Lipinski definition) is 2. The van der Waals surface area contributed by atoms with Crippen LogP contribution >= 0.6 is 12.2 Å². The number of amides is 1. The molecule has 0 heterocycles. The maximum absolute atomic E-state index is 12.0. The number of nitrogens with zero attached hydrogens (tertiary/aromatic N) is 1. The third-order valence-corrected chi connectivity index (χ3v) is 4.83. The molecule has 4 nitrogen and oxygen atoms in total. The van der Waals surface area contributed by atoms with Crippen molar-refractivity contribution in [2.45, 2.75) is 13.0 Å². The lowest BCUT2D eigenvalue weighted by Gasteiger charge is -2.22. The Morgan fingerprint density at radius 1 is 0.862 bits per heavy atom. The predicted molar refractivity (Wildman–Crippen MR) is 123 cm³/mol. The highest BCUT2D eigenvalue weighted by atomic mass is 32.1. The lowest BCUT2D eigenvalue weighted by atomic mass is 9.98. The molecule has 3 rings (SSSR count). The van der Waals surface area contributed by atoms with Gasteiger partial charge >= 0.3 is 0 Å². The number of rotatable bonds is 5. The smallest absolute Gasteiger partial charge is 0.253 e. The number of carbonyl (C=O) groups is 1. The van der Waals surface area contributed by atoms with Gasteiger partial charge in [-0.25, -0.2) is 0 Å². The van der Waals surface area contributed by atoms with Crippen molar-refractivity contribution in [1.29, 1.82) is 0 Å². The number of nitrogens with one attached hydrogen (secondary N) is 2. The van der Waals surface area contributed by atoms with E-state index in [1.54, 1.807) is 31.1 Å². The quantitative estimate of drug-likeness (QED) is 0.602. The molecule has 0 fully saturated rings. The molecule has 3 aromatic rings. The molecule has 1 atom stereocenters. The van der Waals surface area contributed by atoms with Crippen molar-refractivity contribution in [2.75, 3.05) is 19.4 Å². The average Bonchev–Trinajstić information content (AvgIpc) is 2.73. The Balaban J connectivity index is 1.75. The highest BCUT2D eigenvalue weighted by Crippen LogP contribution is 2.23. The molecule has 0 spiro atoms. The van der Waals surface area contributed by atoms with E-state index in [0.29, 0.717) is 10.7 Å². The Bertz CT molecular complexity index is 967. The third kappa shape index (κ3) is 5.42. The van der Waals surface area contributed by atoms with E-state index in [1.807, 2.05) is 30.3 Å². The maximum Gasteiger partial charge on any atom is 0.253 e. The van der Waals surface area contributed by atoms with E-state index in [-0.39, 0.29) is 11.9 Å². The summed E-state index contributed by atoms with van der Waals surface area (Å²) in [4.78, 5) is 13.6. The largest absolute Gasteiger partial charge is 0.352 e. The first-order valence-electron chi connectivity index (χ1n) is 9.45. The van der Waals surface area contributed by atoms with Gasteiger partial charge in [0.1, 0.15) is 0 Å². The highest BCUT2D eigenvalue weighted by Gasteiger charge is 2.15. The van der Waals surface area contributed by atoms with Gasteiger partial charge in [0, 0.05) is 25.3 Å². The van der Waals surface area contributed by atoms with Crippen LogP contribution in [0.5, 0.6) is 0 Å². The van der Waals surface area contributed by atoms with Crippen molar-refractivity contribution < 1.29 is 4.79 Å². The van der Waals surface area contributed by atoms with Crippen LogP contribution in [0.4, 0.5) is 5.69 Å². The fourth-order valence-corrected chi connectivity index (χ4v) is 3.25. The molecule has 0 unspecified atom stereocenters. The molecule has 0 aliphatic heterocycles. The lowest BCUT2D eigenvalue weighted by molar-refractivity contribution is 0.0827. The summed E-state index contributed by atoms with van der Waals surface area (Å²) in [5.41, 5.74) is 4.95. The highest BCUT2D eigenvalue weighted by molar-refractivity contribution is 7.80. The lowest BCUT2D eigenvalue weighted by Crippen LogP contribution is -2.33. The van der Waals surface area contributed by atoms with Crippen LogP contribution in [0.3, 0.4) is 0 Å². The van der Waals surface area contributed by atoms with Gasteiger partial charge in [-0.15, -0.1) is 0 Å². The fourth-order valence-electron chi connectivity index (χ4n) is 3.02. The van der Waals surface area contributed by atoms with Gasteiger partial charge in [-0.3, -0.25) is 4.79 Å². The molecule has 29 heavy (non-hydrogen) atoms. The van der Waals surface area contributed by atoms with E-state index >= 15 is 0 Å². The topological polar surface area (TPSA) is 44.4 Å². The van der Waals surface area contributed by atoms with E-state index in [9.17, 15) is 4.79 Å². The van der Waals surface area contributed by atoms with Gasteiger partial charge in [-0.05, 0) is 54.5 Å². The van der Waals surface area contributed by atoms with E-state index in [4.69, 9.17) is 12.2 Å². The SMILES string of the molecule is Cc1ccc([C@@H](NC(=S)Nc2ccc(C(=O)N(C)C)cc2)c2ccccc2)cc1. The number of anilines is 1. The summed E-state index contributed by atoms with van der Waals surface area (Å²) in [6, 6.07) is 25.9. The van der Waals surface area contributed by atoms with Crippen LogP contribution in [0, 0.1) is 6.92 Å². The van der Waals surface area contributed by atoms with Crippen molar-refractivity contribution in [3.8, 4) is 0 Å². The van der Waals surface area contributed by atoms with Gasteiger partial charge in [0.15, 0.2) is 5.11 Å². The molecule has 0 saturated heterocycles. The number of hydrogen-bond acceptors (Lipinski definition) is 2.